The summed E-state index contributed by atoms with van der Waals surface area (Å²) in [6, 6.07) is 5.26. The molecule has 0 radical (unpaired) electrons. The van der Waals surface area contributed by atoms with E-state index in [0.29, 0.717) is 31.5 Å². The van der Waals surface area contributed by atoms with Gasteiger partial charge in [0.15, 0.2) is 5.76 Å². The van der Waals surface area contributed by atoms with Gasteiger partial charge in [-0.1, -0.05) is 0 Å². The van der Waals surface area contributed by atoms with Gasteiger partial charge in [-0.15, -0.1) is 0 Å². The summed E-state index contributed by atoms with van der Waals surface area (Å²) in [5, 5.41) is 2.89. The third-order valence-corrected chi connectivity index (χ3v) is 6.67. The maximum Gasteiger partial charge on any atom is 0.287 e. The van der Waals surface area contributed by atoms with Gasteiger partial charge in [0.05, 0.1) is 11.2 Å². The molecule has 1 aromatic carbocycles. The predicted molar refractivity (Wildman–Crippen MR) is 93.8 cm³/mol. The maximum atomic E-state index is 13.2. The van der Waals surface area contributed by atoms with Gasteiger partial charge in [-0.25, -0.2) is 12.8 Å². The fourth-order valence-electron chi connectivity index (χ4n) is 3.14. The number of nitrogens with zero attached hydrogens (tertiary/aromatic N) is 1. The van der Waals surface area contributed by atoms with E-state index in [1.165, 1.54) is 22.7 Å². The summed E-state index contributed by atoms with van der Waals surface area (Å²) >= 11 is 0. The maximum absolute atomic E-state index is 13.2. The second-order valence-corrected chi connectivity index (χ2v) is 8.40. The Hall–Kier alpha value is -2.19. The van der Waals surface area contributed by atoms with E-state index >= 15 is 0 Å². The Morgan fingerprint density at radius 2 is 1.88 bits per heavy atom. The van der Waals surface area contributed by atoms with Gasteiger partial charge < -0.3 is 9.73 Å². The second kappa shape index (κ2) is 7.20. The van der Waals surface area contributed by atoms with Crippen molar-refractivity contribution in [1.82, 2.24) is 9.62 Å². The third kappa shape index (κ3) is 3.66. The van der Waals surface area contributed by atoms with Crippen molar-refractivity contribution in [1.29, 1.82) is 0 Å². The summed E-state index contributed by atoms with van der Waals surface area (Å²) < 4.78 is 45.4. The smallest absolute Gasteiger partial charge is 0.287 e. The molecule has 2 aromatic rings. The Labute approximate surface area is 152 Å². The van der Waals surface area contributed by atoms with Crippen LogP contribution in [0.3, 0.4) is 0 Å². The van der Waals surface area contributed by atoms with Crippen LogP contribution in [0.5, 0.6) is 0 Å². The fraction of sp³-hybridized carbons (Fsp3) is 0.389. The molecule has 1 saturated heterocycles. The first-order valence-corrected chi connectivity index (χ1v) is 9.84. The molecule has 0 aliphatic carbocycles. The lowest BCUT2D eigenvalue weighted by Gasteiger charge is -2.31. The minimum atomic E-state index is -3.68. The predicted octanol–water partition coefficient (Wildman–Crippen LogP) is 2.62. The molecule has 26 heavy (non-hydrogen) atoms. The highest BCUT2D eigenvalue weighted by Crippen LogP contribution is 2.24. The quantitative estimate of drug-likeness (QED) is 0.884. The Morgan fingerprint density at radius 1 is 1.19 bits per heavy atom. The number of halogens is 1. The summed E-state index contributed by atoms with van der Waals surface area (Å²) in [6.07, 6.45) is 2.47. The number of hydrogen-bond donors (Lipinski definition) is 1. The number of hydrogen-bond acceptors (Lipinski definition) is 4. The number of amides is 1. The van der Waals surface area contributed by atoms with Gasteiger partial charge in [0.25, 0.3) is 5.91 Å². The topological polar surface area (TPSA) is 79.6 Å². The first-order valence-electron chi connectivity index (χ1n) is 8.40. The molecule has 0 spiro atoms. The highest BCUT2D eigenvalue weighted by Gasteiger charge is 2.31. The molecule has 140 valence electrons. The van der Waals surface area contributed by atoms with Crippen molar-refractivity contribution in [2.24, 2.45) is 0 Å². The first-order chi connectivity index (χ1) is 12.3. The van der Waals surface area contributed by atoms with Crippen LogP contribution >= 0.6 is 0 Å². The van der Waals surface area contributed by atoms with Gasteiger partial charge in [0.2, 0.25) is 10.0 Å². The number of rotatable bonds is 4. The summed E-state index contributed by atoms with van der Waals surface area (Å²) in [5.74, 6) is -0.471. The lowest BCUT2D eigenvalue weighted by atomic mass is 10.1. The third-order valence-electron chi connectivity index (χ3n) is 4.61. The zero-order chi connectivity index (χ0) is 18.9. The summed E-state index contributed by atoms with van der Waals surface area (Å²) in [6.45, 7) is 3.95. The van der Waals surface area contributed by atoms with Crippen molar-refractivity contribution in [2.75, 3.05) is 13.1 Å². The molecule has 1 N–H and O–H groups in total. The van der Waals surface area contributed by atoms with E-state index in [-0.39, 0.29) is 22.6 Å². The Morgan fingerprint density at radius 3 is 2.46 bits per heavy atom. The van der Waals surface area contributed by atoms with Crippen molar-refractivity contribution in [3.63, 3.8) is 0 Å². The molecule has 2 heterocycles. The molecule has 0 saturated carbocycles. The fourth-order valence-corrected chi connectivity index (χ4v) is 4.81. The molecule has 3 rings (SSSR count). The summed E-state index contributed by atoms with van der Waals surface area (Å²) in [5.41, 5.74) is 1.14. The van der Waals surface area contributed by atoms with E-state index in [1.807, 2.05) is 0 Å². The highest BCUT2D eigenvalue weighted by molar-refractivity contribution is 7.89. The van der Waals surface area contributed by atoms with Crippen LogP contribution in [0, 0.1) is 19.7 Å². The lowest BCUT2D eigenvalue weighted by Crippen LogP contribution is -2.46. The molecule has 1 amide bonds. The van der Waals surface area contributed by atoms with Gasteiger partial charge >= 0.3 is 0 Å². The molecular weight excluding hydrogens is 359 g/mol. The number of sulfonamides is 1. The van der Waals surface area contributed by atoms with Crippen molar-refractivity contribution >= 4 is 15.9 Å². The van der Waals surface area contributed by atoms with Crippen LogP contribution in [0.25, 0.3) is 0 Å². The number of piperidine rings is 1. The van der Waals surface area contributed by atoms with Crippen LogP contribution in [0.15, 0.2) is 39.8 Å². The average molecular weight is 380 g/mol. The van der Waals surface area contributed by atoms with Crippen LogP contribution in [0.1, 0.15) is 34.5 Å². The second-order valence-electron chi connectivity index (χ2n) is 6.49. The number of carbonyl (C=O) groups excluding carboxylic acids is 1. The van der Waals surface area contributed by atoms with E-state index in [4.69, 9.17) is 4.42 Å². The van der Waals surface area contributed by atoms with Crippen molar-refractivity contribution in [3.05, 3.63) is 53.2 Å². The van der Waals surface area contributed by atoms with Crippen LogP contribution in [-0.4, -0.2) is 37.8 Å². The number of carbonyl (C=O) groups is 1. The summed E-state index contributed by atoms with van der Waals surface area (Å²) in [4.78, 5) is 12.3. The molecule has 0 bridgehead atoms. The molecule has 6 nitrogen and oxygen atoms in total. The van der Waals surface area contributed by atoms with E-state index < -0.39 is 15.8 Å². The van der Waals surface area contributed by atoms with Crippen molar-refractivity contribution in [3.8, 4) is 0 Å². The van der Waals surface area contributed by atoms with Crippen molar-refractivity contribution in [2.45, 2.75) is 37.6 Å². The largest absolute Gasteiger partial charge is 0.459 e. The molecule has 8 heteroatoms. The van der Waals surface area contributed by atoms with Crippen LogP contribution in [0.2, 0.25) is 0 Å². The standard InChI is InChI=1S/C18H21FN2O4S/c1-12-7-10-25-17(12)18(22)20-15-5-8-21(9-6-15)26(23,24)16-4-3-14(19)11-13(16)2/h3-4,7,10-11,15H,5-6,8-9H2,1-2H3,(H,20,22). The highest BCUT2D eigenvalue weighted by atomic mass is 32.2. The lowest BCUT2D eigenvalue weighted by molar-refractivity contribution is 0.0895. The first kappa shape index (κ1) is 18.6. The van der Waals surface area contributed by atoms with Gasteiger partial charge in [-0.2, -0.15) is 4.31 Å². The van der Waals surface area contributed by atoms with E-state index in [1.54, 1.807) is 19.9 Å². The Balaban J connectivity index is 1.64. The van der Waals surface area contributed by atoms with Gasteiger partial charge in [-0.05, 0) is 56.5 Å². The average Bonchev–Trinajstić information content (AvgIpc) is 3.01. The summed E-state index contributed by atoms with van der Waals surface area (Å²) in [7, 11) is -3.68. The zero-order valence-electron chi connectivity index (χ0n) is 14.7. The van der Waals surface area contributed by atoms with Crippen LogP contribution in [-0.2, 0) is 10.0 Å². The van der Waals surface area contributed by atoms with Gasteiger partial charge in [0, 0.05) is 24.7 Å². The number of benzene rings is 1. The zero-order valence-corrected chi connectivity index (χ0v) is 15.5. The normalized spacial score (nSPS) is 16.6. The minimum Gasteiger partial charge on any atom is -0.459 e. The van der Waals surface area contributed by atoms with Gasteiger partial charge in [0.1, 0.15) is 5.82 Å². The Bertz CT molecular complexity index is 915. The molecule has 0 unspecified atom stereocenters. The molecular formula is C18H21FN2O4S. The SMILES string of the molecule is Cc1cc(F)ccc1S(=O)(=O)N1CCC(NC(=O)c2occc2C)CC1. The number of furan rings is 1. The molecule has 1 aliphatic rings. The van der Waals surface area contributed by atoms with E-state index in [2.05, 4.69) is 5.32 Å². The molecule has 1 aromatic heterocycles. The minimum absolute atomic E-state index is 0.118. The molecule has 0 atom stereocenters. The van der Waals surface area contributed by atoms with Crippen LogP contribution in [0.4, 0.5) is 4.39 Å². The van der Waals surface area contributed by atoms with Crippen molar-refractivity contribution < 1.29 is 22.0 Å². The number of nitrogens with one attached hydrogen (secondary N) is 1. The molecule has 1 fully saturated rings. The monoisotopic (exact) mass is 380 g/mol. The number of aryl methyl sites for hydroxylation is 2. The van der Waals surface area contributed by atoms with E-state index in [0.717, 1.165) is 11.6 Å². The molecule has 1 aliphatic heterocycles. The Kier molecular flexibility index (Phi) is 5.15. The van der Waals surface area contributed by atoms with E-state index in [9.17, 15) is 17.6 Å². The van der Waals surface area contributed by atoms with Gasteiger partial charge in [-0.3, -0.25) is 4.79 Å². The van der Waals surface area contributed by atoms with Crippen LogP contribution < -0.4 is 5.32 Å².